The van der Waals surface area contributed by atoms with Crippen molar-refractivity contribution in [2.75, 3.05) is 19.6 Å². The lowest BCUT2D eigenvalue weighted by atomic mass is 9.95. The van der Waals surface area contributed by atoms with E-state index in [9.17, 15) is 0 Å². The van der Waals surface area contributed by atoms with Crippen LogP contribution in [-0.4, -0.2) is 36.7 Å². The predicted octanol–water partition coefficient (Wildman–Crippen LogP) is 2.41. The average Bonchev–Trinajstić information content (AvgIpc) is 2.34. The molecule has 1 aromatic carbocycles. The molecule has 3 unspecified atom stereocenters. The van der Waals surface area contributed by atoms with Gasteiger partial charge in [0.1, 0.15) is 0 Å². The Balaban J connectivity index is 2.26. The van der Waals surface area contributed by atoms with E-state index in [0.29, 0.717) is 12.6 Å². The van der Waals surface area contributed by atoms with Gasteiger partial charge >= 0.3 is 0 Å². The topological polar surface area (TPSA) is 38.5 Å². The number of hydrogen-bond donors (Lipinski definition) is 1. The van der Waals surface area contributed by atoms with Crippen molar-refractivity contribution in [1.29, 1.82) is 0 Å². The molecule has 2 N–H and O–H groups in total. The predicted molar refractivity (Wildman–Crippen MR) is 79.3 cm³/mol. The standard InChI is InChI=1S/C16H26N2O/c1-11-6-5-7-15(14(11)4)16(8-17)18-9-12(2)19-13(3)10-18/h5-7,12-13,16H,8-10,17H2,1-4H3. The largest absolute Gasteiger partial charge is 0.373 e. The molecule has 0 radical (unpaired) electrons. The number of morpholine rings is 1. The summed E-state index contributed by atoms with van der Waals surface area (Å²) >= 11 is 0. The molecule has 1 saturated heterocycles. The molecule has 0 spiro atoms. The maximum absolute atomic E-state index is 6.06. The summed E-state index contributed by atoms with van der Waals surface area (Å²) in [4.78, 5) is 2.47. The first-order chi connectivity index (χ1) is 9.02. The van der Waals surface area contributed by atoms with Crippen molar-refractivity contribution in [3.05, 3.63) is 34.9 Å². The van der Waals surface area contributed by atoms with E-state index in [2.05, 4.69) is 50.8 Å². The van der Waals surface area contributed by atoms with E-state index in [0.717, 1.165) is 13.1 Å². The van der Waals surface area contributed by atoms with Crippen LogP contribution in [0.4, 0.5) is 0 Å². The molecule has 0 saturated carbocycles. The van der Waals surface area contributed by atoms with Crippen LogP contribution in [0.25, 0.3) is 0 Å². The van der Waals surface area contributed by atoms with Crippen molar-refractivity contribution in [3.63, 3.8) is 0 Å². The van der Waals surface area contributed by atoms with Gasteiger partial charge in [0.05, 0.1) is 12.2 Å². The van der Waals surface area contributed by atoms with Crippen molar-refractivity contribution in [3.8, 4) is 0 Å². The number of rotatable bonds is 3. The fourth-order valence-corrected chi connectivity index (χ4v) is 3.08. The number of benzene rings is 1. The molecule has 1 aliphatic rings. The zero-order valence-electron chi connectivity index (χ0n) is 12.5. The van der Waals surface area contributed by atoms with Gasteiger partial charge in [0.15, 0.2) is 0 Å². The highest BCUT2D eigenvalue weighted by Crippen LogP contribution is 2.27. The summed E-state index contributed by atoms with van der Waals surface area (Å²) in [6.45, 7) is 11.2. The maximum atomic E-state index is 6.06. The summed E-state index contributed by atoms with van der Waals surface area (Å²) in [7, 11) is 0. The Morgan fingerprint density at radius 3 is 2.47 bits per heavy atom. The molecule has 3 heteroatoms. The van der Waals surface area contributed by atoms with E-state index in [1.54, 1.807) is 0 Å². The molecular weight excluding hydrogens is 236 g/mol. The van der Waals surface area contributed by atoms with Crippen LogP contribution in [0, 0.1) is 13.8 Å². The Morgan fingerprint density at radius 2 is 1.89 bits per heavy atom. The lowest BCUT2D eigenvalue weighted by molar-refractivity contribution is -0.0800. The van der Waals surface area contributed by atoms with Crippen LogP contribution < -0.4 is 5.73 Å². The Hall–Kier alpha value is -0.900. The van der Waals surface area contributed by atoms with Gasteiger partial charge in [-0.25, -0.2) is 0 Å². The monoisotopic (exact) mass is 262 g/mol. The fraction of sp³-hybridized carbons (Fsp3) is 0.625. The molecule has 0 bridgehead atoms. The second-order valence-corrected chi connectivity index (χ2v) is 5.75. The first kappa shape index (κ1) is 14.5. The molecule has 19 heavy (non-hydrogen) atoms. The quantitative estimate of drug-likeness (QED) is 0.909. The van der Waals surface area contributed by atoms with E-state index in [1.165, 1.54) is 16.7 Å². The lowest BCUT2D eigenvalue weighted by Crippen LogP contribution is -2.48. The molecule has 0 amide bonds. The fourth-order valence-electron chi connectivity index (χ4n) is 3.08. The van der Waals surface area contributed by atoms with E-state index >= 15 is 0 Å². The van der Waals surface area contributed by atoms with Crippen molar-refractivity contribution >= 4 is 0 Å². The third-order valence-corrected chi connectivity index (χ3v) is 4.12. The van der Waals surface area contributed by atoms with Crippen LogP contribution in [0.3, 0.4) is 0 Å². The summed E-state index contributed by atoms with van der Waals surface area (Å²) in [6.07, 6.45) is 0.561. The van der Waals surface area contributed by atoms with Gasteiger partial charge in [0.25, 0.3) is 0 Å². The Bertz CT molecular complexity index is 423. The highest BCUT2D eigenvalue weighted by atomic mass is 16.5. The van der Waals surface area contributed by atoms with Gasteiger partial charge in [-0.1, -0.05) is 18.2 Å². The SMILES string of the molecule is Cc1cccc(C(CN)N2CC(C)OC(C)C2)c1C. The van der Waals surface area contributed by atoms with Gasteiger partial charge < -0.3 is 10.5 Å². The molecule has 2 rings (SSSR count). The van der Waals surface area contributed by atoms with Gasteiger partial charge in [-0.3, -0.25) is 4.90 Å². The first-order valence-corrected chi connectivity index (χ1v) is 7.18. The molecule has 1 aromatic rings. The number of ether oxygens (including phenoxy) is 1. The minimum atomic E-state index is 0.280. The van der Waals surface area contributed by atoms with Gasteiger partial charge in [-0.05, 0) is 44.4 Å². The summed E-state index contributed by atoms with van der Waals surface area (Å²) < 4.78 is 5.82. The molecule has 106 valence electrons. The van der Waals surface area contributed by atoms with Gasteiger partial charge in [-0.2, -0.15) is 0 Å². The van der Waals surface area contributed by atoms with Crippen molar-refractivity contribution in [2.24, 2.45) is 5.73 Å². The van der Waals surface area contributed by atoms with E-state index in [-0.39, 0.29) is 12.2 Å². The van der Waals surface area contributed by atoms with Crippen LogP contribution in [-0.2, 0) is 4.74 Å². The van der Waals surface area contributed by atoms with Crippen molar-refractivity contribution < 1.29 is 4.74 Å². The molecule has 0 aliphatic carbocycles. The zero-order valence-corrected chi connectivity index (χ0v) is 12.5. The molecule has 0 aromatic heterocycles. The van der Waals surface area contributed by atoms with Gasteiger partial charge in [0.2, 0.25) is 0 Å². The van der Waals surface area contributed by atoms with Crippen LogP contribution in [0.15, 0.2) is 18.2 Å². The lowest BCUT2D eigenvalue weighted by Gasteiger charge is -2.40. The van der Waals surface area contributed by atoms with Crippen LogP contribution in [0.5, 0.6) is 0 Å². The minimum absolute atomic E-state index is 0.280. The van der Waals surface area contributed by atoms with E-state index in [4.69, 9.17) is 10.5 Å². The summed E-state index contributed by atoms with van der Waals surface area (Å²) in [5.41, 5.74) is 10.1. The first-order valence-electron chi connectivity index (χ1n) is 7.18. The second-order valence-electron chi connectivity index (χ2n) is 5.75. The number of aryl methyl sites for hydroxylation is 1. The molecule has 3 nitrogen and oxygen atoms in total. The summed E-state index contributed by atoms with van der Waals surface area (Å²) in [5, 5.41) is 0. The van der Waals surface area contributed by atoms with E-state index in [1.807, 2.05) is 0 Å². The summed E-state index contributed by atoms with van der Waals surface area (Å²) in [5.74, 6) is 0. The van der Waals surface area contributed by atoms with Crippen LogP contribution in [0.1, 0.15) is 36.6 Å². The van der Waals surface area contributed by atoms with Crippen LogP contribution in [0.2, 0.25) is 0 Å². The van der Waals surface area contributed by atoms with Gasteiger partial charge in [-0.15, -0.1) is 0 Å². The average molecular weight is 262 g/mol. The third-order valence-electron chi connectivity index (χ3n) is 4.12. The molecule has 3 atom stereocenters. The molecular formula is C16H26N2O. The zero-order chi connectivity index (χ0) is 14.0. The second kappa shape index (κ2) is 6.04. The minimum Gasteiger partial charge on any atom is -0.373 e. The number of hydrogen-bond acceptors (Lipinski definition) is 3. The smallest absolute Gasteiger partial charge is 0.0678 e. The van der Waals surface area contributed by atoms with Gasteiger partial charge in [0, 0.05) is 25.7 Å². The summed E-state index contributed by atoms with van der Waals surface area (Å²) in [6, 6.07) is 6.81. The number of nitrogens with two attached hydrogens (primary N) is 1. The highest BCUT2D eigenvalue weighted by molar-refractivity contribution is 5.35. The maximum Gasteiger partial charge on any atom is 0.0678 e. The Morgan fingerprint density at radius 1 is 1.26 bits per heavy atom. The van der Waals surface area contributed by atoms with Crippen molar-refractivity contribution in [2.45, 2.75) is 45.9 Å². The number of nitrogens with zero attached hydrogens (tertiary/aromatic N) is 1. The third kappa shape index (κ3) is 3.16. The molecule has 1 heterocycles. The Labute approximate surface area is 116 Å². The van der Waals surface area contributed by atoms with Crippen molar-refractivity contribution in [1.82, 2.24) is 4.90 Å². The van der Waals surface area contributed by atoms with E-state index < -0.39 is 0 Å². The molecule has 1 aliphatic heterocycles. The highest BCUT2D eigenvalue weighted by Gasteiger charge is 2.28. The van der Waals surface area contributed by atoms with Crippen LogP contribution >= 0.6 is 0 Å². The normalized spacial score (nSPS) is 26.4. The molecule has 1 fully saturated rings. The Kier molecular flexibility index (Phi) is 4.61.